The number of halogens is 1. The SMILES string of the molecule is O=C(NCc1ccco1)c1cccc(NC(=S)NC(=O)c2cc(Br)ccc2OCCc2ccccc2)c1. The fourth-order valence-electron chi connectivity index (χ4n) is 3.48. The van der Waals surface area contributed by atoms with Gasteiger partial charge in [-0.15, -0.1) is 0 Å². The topological polar surface area (TPSA) is 92.6 Å². The molecule has 3 aromatic carbocycles. The first-order valence-electron chi connectivity index (χ1n) is 11.5. The molecule has 4 aromatic rings. The number of benzene rings is 3. The van der Waals surface area contributed by atoms with E-state index in [1.54, 1.807) is 54.8 Å². The maximum atomic E-state index is 13.0. The van der Waals surface area contributed by atoms with Crippen molar-refractivity contribution in [2.75, 3.05) is 11.9 Å². The van der Waals surface area contributed by atoms with Gasteiger partial charge in [-0.3, -0.25) is 14.9 Å². The number of ether oxygens (including phenoxy) is 1. The van der Waals surface area contributed by atoms with Crippen molar-refractivity contribution in [2.24, 2.45) is 0 Å². The Bertz CT molecular complexity index is 1380. The molecule has 0 spiro atoms. The minimum Gasteiger partial charge on any atom is -0.492 e. The predicted molar refractivity (Wildman–Crippen MR) is 150 cm³/mol. The van der Waals surface area contributed by atoms with Crippen LogP contribution in [-0.2, 0) is 13.0 Å². The Hall–Kier alpha value is -3.95. The molecule has 0 atom stereocenters. The molecular formula is C28H24BrN3O4S. The van der Waals surface area contributed by atoms with Crippen LogP contribution >= 0.6 is 28.1 Å². The van der Waals surface area contributed by atoms with Crippen LogP contribution in [0.15, 0.2) is 100 Å². The minimum absolute atomic E-state index is 0.0911. The molecule has 4 rings (SSSR count). The Morgan fingerprint density at radius 2 is 1.76 bits per heavy atom. The van der Waals surface area contributed by atoms with Crippen LogP contribution in [0.25, 0.3) is 0 Å². The second-order valence-electron chi connectivity index (χ2n) is 7.98. The van der Waals surface area contributed by atoms with E-state index >= 15 is 0 Å². The van der Waals surface area contributed by atoms with Gasteiger partial charge in [0.2, 0.25) is 0 Å². The zero-order valence-corrected chi connectivity index (χ0v) is 22.1. The largest absolute Gasteiger partial charge is 0.492 e. The summed E-state index contributed by atoms with van der Waals surface area (Å²) in [6, 6.07) is 25.6. The van der Waals surface area contributed by atoms with E-state index in [9.17, 15) is 9.59 Å². The summed E-state index contributed by atoms with van der Waals surface area (Å²) in [4.78, 5) is 25.5. The molecule has 0 unspecified atom stereocenters. The average Bonchev–Trinajstić information content (AvgIpc) is 3.42. The molecule has 1 heterocycles. The monoisotopic (exact) mass is 577 g/mol. The molecule has 0 saturated heterocycles. The maximum Gasteiger partial charge on any atom is 0.261 e. The number of carbonyl (C=O) groups is 2. The fourth-order valence-corrected chi connectivity index (χ4v) is 4.05. The van der Waals surface area contributed by atoms with Gasteiger partial charge in [-0.2, -0.15) is 0 Å². The van der Waals surface area contributed by atoms with E-state index in [4.69, 9.17) is 21.4 Å². The quantitative estimate of drug-likeness (QED) is 0.220. The summed E-state index contributed by atoms with van der Waals surface area (Å²) in [5.74, 6) is 0.430. The van der Waals surface area contributed by atoms with Crippen LogP contribution in [0.2, 0.25) is 0 Å². The molecule has 188 valence electrons. The van der Waals surface area contributed by atoms with Crippen LogP contribution in [0.4, 0.5) is 5.69 Å². The third-order valence-corrected chi connectivity index (χ3v) is 5.99. The summed E-state index contributed by atoms with van der Waals surface area (Å²) in [6.07, 6.45) is 2.26. The molecule has 3 N–H and O–H groups in total. The van der Waals surface area contributed by atoms with E-state index in [0.717, 1.165) is 10.0 Å². The number of anilines is 1. The number of thiocarbonyl (C=S) groups is 1. The second-order valence-corrected chi connectivity index (χ2v) is 9.30. The van der Waals surface area contributed by atoms with Gasteiger partial charge >= 0.3 is 0 Å². The lowest BCUT2D eigenvalue weighted by molar-refractivity contribution is 0.0945. The van der Waals surface area contributed by atoms with Gasteiger partial charge in [0.25, 0.3) is 11.8 Å². The summed E-state index contributed by atoms with van der Waals surface area (Å²) in [6.45, 7) is 0.698. The van der Waals surface area contributed by atoms with Crippen LogP contribution in [0.3, 0.4) is 0 Å². The summed E-state index contributed by atoms with van der Waals surface area (Å²) in [5, 5.41) is 8.52. The maximum absolute atomic E-state index is 13.0. The van der Waals surface area contributed by atoms with Crippen LogP contribution in [0, 0.1) is 0 Å². The molecule has 0 aliphatic rings. The smallest absolute Gasteiger partial charge is 0.261 e. The van der Waals surface area contributed by atoms with Crippen molar-refractivity contribution in [3.63, 3.8) is 0 Å². The molecule has 2 amide bonds. The van der Waals surface area contributed by atoms with Crippen molar-refractivity contribution in [3.8, 4) is 5.75 Å². The van der Waals surface area contributed by atoms with Crippen LogP contribution in [0.1, 0.15) is 32.0 Å². The zero-order valence-electron chi connectivity index (χ0n) is 19.7. The van der Waals surface area contributed by atoms with E-state index in [1.807, 2.05) is 36.4 Å². The first kappa shape index (κ1) is 26.1. The molecule has 0 fully saturated rings. The molecule has 1 aromatic heterocycles. The van der Waals surface area contributed by atoms with Gasteiger partial charge in [-0.05, 0) is 66.3 Å². The summed E-state index contributed by atoms with van der Waals surface area (Å²) < 4.78 is 11.9. The van der Waals surface area contributed by atoms with Crippen molar-refractivity contribution < 1.29 is 18.7 Å². The van der Waals surface area contributed by atoms with Gasteiger partial charge in [-0.1, -0.05) is 52.3 Å². The van der Waals surface area contributed by atoms with E-state index in [2.05, 4.69) is 31.9 Å². The third kappa shape index (κ3) is 7.77. The van der Waals surface area contributed by atoms with E-state index < -0.39 is 5.91 Å². The van der Waals surface area contributed by atoms with E-state index in [0.29, 0.717) is 41.4 Å². The second kappa shape index (κ2) is 12.8. The van der Waals surface area contributed by atoms with E-state index in [1.165, 1.54) is 0 Å². The number of rotatable bonds is 9. The normalized spacial score (nSPS) is 10.4. The average molecular weight is 578 g/mol. The Kier molecular flexibility index (Phi) is 9.07. The van der Waals surface area contributed by atoms with Gasteiger partial charge in [-0.25, -0.2) is 0 Å². The fraction of sp³-hybridized carbons (Fsp3) is 0.107. The zero-order chi connectivity index (χ0) is 26.0. The van der Waals surface area contributed by atoms with Crippen LogP contribution < -0.4 is 20.7 Å². The predicted octanol–water partition coefficient (Wildman–Crippen LogP) is 5.72. The summed E-state index contributed by atoms with van der Waals surface area (Å²) in [5.41, 5.74) is 2.49. The Morgan fingerprint density at radius 3 is 2.54 bits per heavy atom. The van der Waals surface area contributed by atoms with E-state index in [-0.39, 0.29) is 17.6 Å². The number of carbonyl (C=O) groups excluding carboxylic acids is 2. The highest BCUT2D eigenvalue weighted by atomic mass is 79.9. The molecule has 9 heteroatoms. The lowest BCUT2D eigenvalue weighted by Crippen LogP contribution is -2.34. The number of furan rings is 1. The van der Waals surface area contributed by atoms with Gasteiger partial charge in [0.05, 0.1) is 25.0 Å². The molecule has 37 heavy (non-hydrogen) atoms. The number of hydrogen-bond acceptors (Lipinski definition) is 5. The number of nitrogens with one attached hydrogen (secondary N) is 3. The standard InChI is InChI=1S/C28H24BrN3O4S/c29-21-11-12-25(36-15-13-19-6-2-1-3-7-19)24(17-21)27(34)32-28(37)31-22-9-4-8-20(16-22)26(33)30-18-23-10-5-14-35-23/h1-12,14,16-17H,13,15,18H2,(H,30,33)(H2,31,32,34,37). The summed E-state index contributed by atoms with van der Waals surface area (Å²) >= 11 is 8.75. The summed E-state index contributed by atoms with van der Waals surface area (Å²) in [7, 11) is 0. The Labute approximate surface area is 228 Å². The highest BCUT2D eigenvalue weighted by molar-refractivity contribution is 9.10. The molecular weight excluding hydrogens is 554 g/mol. The first-order valence-corrected chi connectivity index (χ1v) is 12.7. The van der Waals surface area contributed by atoms with Gasteiger partial charge in [0, 0.05) is 22.1 Å². The molecule has 0 aliphatic carbocycles. The molecule has 0 bridgehead atoms. The molecule has 7 nitrogen and oxygen atoms in total. The van der Waals surface area contributed by atoms with Crippen molar-refractivity contribution in [1.29, 1.82) is 0 Å². The van der Waals surface area contributed by atoms with Crippen molar-refractivity contribution >= 4 is 50.8 Å². The van der Waals surface area contributed by atoms with Gasteiger partial charge in [0.1, 0.15) is 11.5 Å². The van der Waals surface area contributed by atoms with Crippen molar-refractivity contribution in [3.05, 3.63) is 118 Å². The van der Waals surface area contributed by atoms with Gasteiger partial charge < -0.3 is 19.8 Å². The lowest BCUT2D eigenvalue weighted by atomic mass is 10.1. The van der Waals surface area contributed by atoms with Gasteiger partial charge in [0.15, 0.2) is 5.11 Å². The highest BCUT2D eigenvalue weighted by Gasteiger charge is 2.16. The molecule has 0 saturated carbocycles. The third-order valence-electron chi connectivity index (χ3n) is 5.29. The van der Waals surface area contributed by atoms with Crippen molar-refractivity contribution in [2.45, 2.75) is 13.0 Å². The first-order chi connectivity index (χ1) is 18.0. The minimum atomic E-state index is -0.416. The molecule has 0 aliphatic heterocycles. The van der Waals surface area contributed by atoms with Crippen LogP contribution in [-0.4, -0.2) is 23.5 Å². The Balaban J connectivity index is 1.34. The van der Waals surface area contributed by atoms with Crippen molar-refractivity contribution in [1.82, 2.24) is 10.6 Å². The Morgan fingerprint density at radius 1 is 0.919 bits per heavy atom. The number of amides is 2. The number of hydrogen-bond donors (Lipinski definition) is 3. The lowest BCUT2D eigenvalue weighted by Gasteiger charge is -2.14. The molecule has 0 radical (unpaired) electrons. The highest BCUT2D eigenvalue weighted by Crippen LogP contribution is 2.24. The van der Waals surface area contributed by atoms with Crippen LogP contribution in [0.5, 0.6) is 5.75 Å².